The van der Waals surface area contributed by atoms with Crippen LogP contribution in [0.15, 0.2) is 24.3 Å². The van der Waals surface area contributed by atoms with Crippen molar-refractivity contribution in [2.75, 3.05) is 21.3 Å². The van der Waals surface area contributed by atoms with Gasteiger partial charge in [-0.05, 0) is 18.9 Å². The number of ketones is 1. The average molecular weight is 385 g/mol. The minimum Gasteiger partial charge on any atom is -0.465 e. The van der Waals surface area contributed by atoms with Crippen molar-refractivity contribution >= 4 is 23.7 Å². The van der Waals surface area contributed by atoms with Gasteiger partial charge in [0.05, 0.1) is 32.5 Å². The van der Waals surface area contributed by atoms with Crippen LogP contribution in [-0.4, -0.2) is 49.6 Å². The molecule has 1 aromatic carbocycles. The molecule has 0 aliphatic carbocycles. The second-order valence-corrected chi connectivity index (χ2v) is 6.15. The highest BCUT2D eigenvalue weighted by molar-refractivity contribution is 6.20. The number of esters is 3. The van der Waals surface area contributed by atoms with Crippen molar-refractivity contribution in [3.05, 3.63) is 57.9 Å². The van der Waals surface area contributed by atoms with Crippen LogP contribution in [0.3, 0.4) is 0 Å². The minimum absolute atomic E-state index is 0.0103. The molecule has 8 nitrogen and oxygen atoms in total. The van der Waals surface area contributed by atoms with Crippen molar-refractivity contribution in [3.8, 4) is 0 Å². The highest BCUT2D eigenvalue weighted by Crippen LogP contribution is 2.32. The predicted molar refractivity (Wildman–Crippen MR) is 96.6 cm³/mol. The van der Waals surface area contributed by atoms with Gasteiger partial charge in [-0.2, -0.15) is 0 Å². The molecule has 0 atom stereocenters. The third kappa shape index (κ3) is 2.96. The van der Waals surface area contributed by atoms with E-state index in [1.165, 1.54) is 33.5 Å². The number of carbonyl (C=O) groups excluding carboxylic acids is 4. The first kappa shape index (κ1) is 19.3. The van der Waals surface area contributed by atoms with Crippen LogP contribution >= 0.6 is 0 Å². The van der Waals surface area contributed by atoms with E-state index in [1.54, 1.807) is 16.7 Å². The smallest absolute Gasteiger partial charge is 0.341 e. The number of hydrogen-bond donors (Lipinski definition) is 0. The zero-order chi connectivity index (χ0) is 20.4. The van der Waals surface area contributed by atoms with Gasteiger partial charge in [-0.1, -0.05) is 18.2 Å². The van der Waals surface area contributed by atoms with Gasteiger partial charge >= 0.3 is 17.9 Å². The van der Waals surface area contributed by atoms with Crippen molar-refractivity contribution < 1.29 is 33.4 Å². The third-order valence-electron chi connectivity index (χ3n) is 4.74. The van der Waals surface area contributed by atoms with Crippen LogP contribution < -0.4 is 0 Å². The number of methoxy groups -OCH3 is 3. The summed E-state index contributed by atoms with van der Waals surface area (Å²) in [7, 11) is 3.59. The molecule has 1 aliphatic heterocycles. The van der Waals surface area contributed by atoms with E-state index in [4.69, 9.17) is 14.2 Å². The van der Waals surface area contributed by atoms with E-state index in [-0.39, 0.29) is 27.9 Å². The quantitative estimate of drug-likeness (QED) is 0.441. The highest BCUT2D eigenvalue weighted by atomic mass is 16.5. The first-order chi connectivity index (χ1) is 13.5. The molecule has 0 fully saturated rings. The molecule has 0 bridgehead atoms. The van der Waals surface area contributed by atoms with Crippen molar-refractivity contribution in [3.63, 3.8) is 0 Å². The Hall–Kier alpha value is -3.42. The summed E-state index contributed by atoms with van der Waals surface area (Å²) in [5.74, 6) is -2.78. The zero-order valence-electron chi connectivity index (χ0n) is 15.7. The normalized spacial score (nSPS) is 12.2. The largest absolute Gasteiger partial charge is 0.465 e. The Labute approximate surface area is 161 Å². The molecule has 28 heavy (non-hydrogen) atoms. The van der Waals surface area contributed by atoms with Crippen LogP contribution in [0.5, 0.6) is 0 Å². The van der Waals surface area contributed by atoms with E-state index in [2.05, 4.69) is 0 Å². The van der Waals surface area contributed by atoms with Gasteiger partial charge < -0.3 is 18.8 Å². The first-order valence-electron chi connectivity index (χ1n) is 8.60. The highest BCUT2D eigenvalue weighted by Gasteiger charge is 2.37. The summed E-state index contributed by atoms with van der Waals surface area (Å²) in [6, 6.07) is 6.15. The van der Waals surface area contributed by atoms with E-state index in [0.717, 1.165) is 0 Å². The van der Waals surface area contributed by atoms with Crippen molar-refractivity contribution in [1.82, 2.24) is 4.57 Å². The summed E-state index contributed by atoms with van der Waals surface area (Å²) in [6.45, 7) is 0.456. The average Bonchev–Trinajstić information content (AvgIpc) is 3.31. The van der Waals surface area contributed by atoms with Crippen LogP contribution in [0, 0.1) is 0 Å². The Balaban J connectivity index is 2.29. The predicted octanol–water partition coefficient (Wildman–Crippen LogP) is 2.03. The molecule has 0 unspecified atom stereocenters. The SMILES string of the molecule is COC(=O)c1ccccc1C(=O)c1c(C(=O)OC)c(C(=O)OC)c2n1CCC2. The molecule has 1 aromatic heterocycles. The molecule has 0 amide bonds. The van der Waals surface area contributed by atoms with Gasteiger partial charge in [0.2, 0.25) is 5.78 Å². The number of nitrogens with zero attached hydrogens (tertiary/aromatic N) is 1. The molecule has 1 aliphatic rings. The third-order valence-corrected chi connectivity index (χ3v) is 4.74. The van der Waals surface area contributed by atoms with Gasteiger partial charge in [-0.25, -0.2) is 14.4 Å². The first-order valence-corrected chi connectivity index (χ1v) is 8.60. The second-order valence-electron chi connectivity index (χ2n) is 6.15. The van der Waals surface area contributed by atoms with Crippen molar-refractivity contribution in [2.45, 2.75) is 19.4 Å². The maximum Gasteiger partial charge on any atom is 0.341 e. The van der Waals surface area contributed by atoms with Crippen LogP contribution in [0.25, 0.3) is 0 Å². The summed E-state index contributed by atoms with van der Waals surface area (Å²) in [5, 5.41) is 0. The Morgan fingerprint density at radius 2 is 1.39 bits per heavy atom. The van der Waals surface area contributed by atoms with E-state index in [0.29, 0.717) is 25.1 Å². The number of ether oxygens (including phenoxy) is 3. The number of rotatable bonds is 5. The number of aromatic nitrogens is 1. The molecular weight excluding hydrogens is 366 g/mol. The molecule has 0 radical (unpaired) electrons. The maximum atomic E-state index is 13.4. The van der Waals surface area contributed by atoms with Crippen LogP contribution in [-0.2, 0) is 27.2 Å². The lowest BCUT2D eigenvalue weighted by atomic mass is 9.97. The van der Waals surface area contributed by atoms with Gasteiger partial charge in [0.1, 0.15) is 11.3 Å². The number of carbonyl (C=O) groups is 4. The zero-order valence-corrected chi connectivity index (χ0v) is 15.7. The van der Waals surface area contributed by atoms with Crippen LogP contribution in [0.2, 0.25) is 0 Å². The standard InChI is InChI=1S/C20H19NO7/c1-26-18(23)12-8-5-4-7-11(12)17(22)16-15(20(25)28-3)14(19(24)27-2)13-9-6-10-21(13)16/h4-5,7-8H,6,9-10H2,1-3H3. The van der Waals surface area contributed by atoms with Gasteiger partial charge in [0.15, 0.2) is 0 Å². The molecule has 0 saturated carbocycles. The van der Waals surface area contributed by atoms with Gasteiger partial charge in [-0.3, -0.25) is 4.79 Å². The molecule has 2 heterocycles. The minimum atomic E-state index is -0.818. The fourth-order valence-electron chi connectivity index (χ4n) is 3.53. The topological polar surface area (TPSA) is 101 Å². The number of hydrogen-bond acceptors (Lipinski definition) is 7. The summed E-state index contributed by atoms with van der Waals surface area (Å²) >= 11 is 0. The van der Waals surface area contributed by atoms with E-state index < -0.39 is 23.7 Å². The fourth-order valence-corrected chi connectivity index (χ4v) is 3.53. The summed E-state index contributed by atoms with van der Waals surface area (Å²) in [5.41, 5.74) is 0.587. The van der Waals surface area contributed by atoms with Crippen molar-refractivity contribution in [1.29, 1.82) is 0 Å². The molecule has 8 heteroatoms. The number of fused-ring (bicyclic) bond motifs is 1. The maximum absolute atomic E-state index is 13.4. The lowest BCUT2D eigenvalue weighted by molar-refractivity contribution is 0.0554. The summed E-state index contributed by atoms with van der Waals surface area (Å²) in [4.78, 5) is 50.4. The van der Waals surface area contributed by atoms with Crippen LogP contribution in [0.4, 0.5) is 0 Å². The van der Waals surface area contributed by atoms with E-state index >= 15 is 0 Å². The Bertz CT molecular complexity index is 987. The summed E-state index contributed by atoms with van der Waals surface area (Å²) in [6.07, 6.45) is 1.22. The molecule has 2 aromatic rings. The molecule has 0 N–H and O–H groups in total. The van der Waals surface area contributed by atoms with Crippen LogP contribution in [0.1, 0.15) is 59.2 Å². The van der Waals surface area contributed by atoms with E-state index in [1.807, 2.05) is 0 Å². The lowest BCUT2D eigenvalue weighted by Gasteiger charge is -2.11. The molecule has 3 rings (SSSR count). The van der Waals surface area contributed by atoms with Gasteiger partial charge in [0.25, 0.3) is 0 Å². The Kier molecular flexibility index (Phi) is 5.30. The number of benzene rings is 1. The molecular formula is C20H19NO7. The molecule has 146 valence electrons. The van der Waals surface area contributed by atoms with Gasteiger partial charge in [0, 0.05) is 17.8 Å². The second kappa shape index (κ2) is 7.67. The molecule has 0 spiro atoms. The Morgan fingerprint density at radius 1 is 0.821 bits per heavy atom. The van der Waals surface area contributed by atoms with E-state index in [9.17, 15) is 19.2 Å². The van der Waals surface area contributed by atoms with Gasteiger partial charge in [-0.15, -0.1) is 0 Å². The Morgan fingerprint density at radius 3 is 2.00 bits per heavy atom. The monoisotopic (exact) mass is 385 g/mol. The fraction of sp³-hybridized carbons (Fsp3) is 0.300. The summed E-state index contributed by atoms with van der Waals surface area (Å²) < 4.78 is 16.0. The lowest BCUT2D eigenvalue weighted by Crippen LogP contribution is -2.19. The molecule has 0 saturated heterocycles. The van der Waals surface area contributed by atoms with Crippen molar-refractivity contribution in [2.24, 2.45) is 0 Å².